The Bertz CT molecular complexity index is 404. The highest BCUT2D eigenvalue weighted by atomic mass is 79.9. The number of benzene rings is 1. The molecular weight excluding hydrogens is 280 g/mol. The third kappa shape index (κ3) is 3.82. The van der Waals surface area contributed by atoms with E-state index >= 15 is 0 Å². The van der Waals surface area contributed by atoms with Gasteiger partial charge in [-0.15, -0.1) is 0 Å². The van der Waals surface area contributed by atoms with Gasteiger partial charge in [-0.2, -0.15) is 0 Å². The fraction of sp³-hybridized carbons (Fsp3) is 0.462. The van der Waals surface area contributed by atoms with E-state index in [1.807, 2.05) is 24.3 Å². The SMILES string of the molecule is CN(CC(C)(C)CN)C(=O)c1ccccc1Br. The average Bonchev–Trinajstić information content (AvgIpc) is 2.28. The molecule has 0 spiro atoms. The molecule has 0 aliphatic carbocycles. The van der Waals surface area contributed by atoms with Gasteiger partial charge in [0.05, 0.1) is 5.56 Å². The minimum Gasteiger partial charge on any atom is -0.341 e. The molecule has 0 aromatic heterocycles. The number of amides is 1. The largest absolute Gasteiger partial charge is 0.341 e. The van der Waals surface area contributed by atoms with Gasteiger partial charge in [0, 0.05) is 18.1 Å². The lowest BCUT2D eigenvalue weighted by atomic mass is 9.93. The summed E-state index contributed by atoms with van der Waals surface area (Å²) in [4.78, 5) is 13.9. The van der Waals surface area contributed by atoms with Crippen molar-refractivity contribution in [3.05, 3.63) is 34.3 Å². The van der Waals surface area contributed by atoms with E-state index in [0.717, 1.165) is 4.47 Å². The maximum atomic E-state index is 12.2. The Labute approximate surface area is 111 Å². The van der Waals surface area contributed by atoms with Crippen molar-refractivity contribution in [2.45, 2.75) is 13.8 Å². The van der Waals surface area contributed by atoms with E-state index in [-0.39, 0.29) is 11.3 Å². The molecule has 0 saturated carbocycles. The van der Waals surface area contributed by atoms with Gasteiger partial charge < -0.3 is 10.6 Å². The Morgan fingerprint density at radius 3 is 2.53 bits per heavy atom. The van der Waals surface area contributed by atoms with E-state index in [0.29, 0.717) is 18.7 Å². The molecule has 0 aliphatic heterocycles. The average molecular weight is 299 g/mol. The van der Waals surface area contributed by atoms with Crippen LogP contribution in [-0.2, 0) is 0 Å². The van der Waals surface area contributed by atoms with Crippen LogP contribution in [0.25, 0.3) is 0 Å². The zero-order valence-corrected chi connectivity index (χ0v) is 12.1. The Morgan fingerprint density at radius 1 is 1.41 bits per heavy atom. The maximum absolute atomic E-state index is 12.2. The molecule has 0 atom stereocenters. The van der Waals surface area contributed by atoms with Crippen molar-refractivity contribution in [2.75, 3.05) is 20.1 Å². The first-order valence-corrected chi connectivity index (χ1v) is 6.37. The molecule has 1 amide bonds. The lowest BCUT2D eigenvalue weighted by molar-refractivity contribution is 0.0739. The van der Waals surface area contributed by atoms with Gasteiger partial charge in [0.1, 0.15) is 0 Å². The first kappa shape index (κ1) is 14.2. The molecule has 0 radical (unpaired) electrons. The summed E-state index contributed by atoms with van der Waals surface area (Å²) in [6.07, 6.45) is 0. The smallest absolute Gasteiger partial charge is 0.254 e. The Balaban J connectivity index is 2.81. The highest BCUT2D eigenvalue weighted by Crippen LogP contribution is 2.20. The number of hydrogen-bond acceptors (Lipinski definition) is 2. The lowest BCUT2D eigenvalue weighted by Crippen LogP contribution is -2.39. The van der Waals surface area contributed by atoms with Gasteiger partial charge in [0.2, 0.25) is 0 Å². The van der Waals surface area contributed by atoms with Crippen molar-refractivity contribution in [2.24, 2.45) is 11.1 Å². The summed E-state index contributed by atoms with van der Waals surface area (Å²) >= 11 is 3.39. The predicted molar refractivity (Wildman–Crippen MR) is 73.9 cm³/mol. The molecule has 1 rings (SSSR count). The number of rotatable bonds is 4. The molecule has 1 aromatic rings. The minimum atomic E-state index is -0.0638. The lowest BCUT2D eigenvalue weighted by Gasteiger charge is -2.29. The molecule has 1 aromatic carbocycles. The fourth-order valence-electron chi connectivity index (χ4n) is 1.62. The number of nitrogens with two attached hydrogens (primary N) is 1. The van der Waals surface area contributed by atoms with Gasteiger partial charge >= 0.3 is 0 Å². The third-order valence-corrected chi connectivity index (χ3v) is 3.36. The summed E-state index contributed by atoms with van der Waals surface area (Å²) in [6.45, 7) is 5.30. The summed E-state index contributed by atoms with van der Waals surface area (Å²) in [6, 6.07) is 7.44. The van der Waals surface area contributed by atoms with Crippen LogP contribution in [0.15, 0.2) is 28.7 Å². The van der Waals surface area contributed by atoms with E-state index in [1.54, 1.807) is 11.9 Å². The van der Waals surface area contributed by atoms with Gasteiger partial charge in [-0.25, -0.2) is 0 Å². The first-order chi connectivity index (χ1) is 7.87. The molecule has 0 fully saturated rings. The molecule has 0 saturated heterocycles. The minimum absolute atomic E-state index is 0.0130. The van der Waals surface area contributed by atoms with Crippen molar-refractivity contribution in [3.63, 3.8) is 0 Å². The van der Waals surface area contributed by atoms with Crippen LogP contribution in [0.2, 0.25) is 0 Å². The topological polar surface area (TPSA) is 46.3 Å². The summed E-state index contributed by atoms with van der Waals surface area (Å²) in [5.41, 5.74) is 6.30. The van der Waals surface area contributed by atoms with Crippen molar-refractivity contribution >= 4 is 21.8 Å². The number of nitrogens with zero attached hydrogens (tertiary/aromatic N) is 1. The van der Waals surface area contributed by atoms with Gasteiger partial charge in [-0.1, -0.05) is 26.0 Å². The zero-order valence-electron chi connectivity index (χ0n) is 10.5. The molecule has 0 bridgehead atoms. The number of carbonyl (C=O) groups is 1. The summed E-state index contributed by atoms with van der Waals surface area (Å²) < 4.78 is 0.822. The van der Waals surface area contributed by atoms with Crippen molar-refractivity contribution in [1.29, 1.82) is 0 Å². The normalized spacial score (nSPS) is 11.4. The number of hydrogen-bond donors (Lipinski definition) is 1. The third-order valence-electron chi connectivity index (χ3n) is 2.67. The molecule has 0 unspecified atom stereocenters. The van der Waals surface area contributed by atoms with E-state index in [9.17, 15) is 4.79 Å². The van der Waals surface area contributed by atoms with E-state index in [1.165, 1.54) is 0 Å². The molecular formula is C13H19BrN2O. The van der Waals surface area contributed by atoms with Crippen molar-refractivity contribution in [1.82, 2.24) is 4.90 Å². The van der Waals surface area contributed by atoms with Crippen LogP contribution in [0.3, 0.4) is 0 Å². The molecule has 94 valence electrons. The summed E-state index contributed by atoms with van der Waals surface area (Å²) in [7, 11) is 1.80. The molecule has 17 heavy (non-hydrogen) atoms. The van der Waals surface area contributed by atoms with Crippen LogP contribution in [0, 0.1) is 5.41 Å². The van der Waals surface area contributed by atoms with E-state index < -0.39 is 0 Å². The van der Waals surface area contributed by atoms with Gasteiger partial charge in [0.25, 0.3) is 5.91 Å². The zero-order chi connectivity index (χ0) is 13.1. The molecule has 0 heterocycles. The monoisotopic (exact) mass is 298 g/mol. The fourth-order valence-corrected chi connectivity index (χ4v) is 2.07. The highest BCUT2D eigenvalue weighted by Gasteiger charge is 2.22. The molecule has 3 nitrogen and oxygen atoms in total. The second-order valence-electron chi connectivity index (χ2n) is 5.01. The quantitative estimate of drug-likeness (QED) is 0.928. The number of halogens is 1. The van der Waals surface area contributed by atoms with Crippen LogP contribution in [0.4, 0.5) is 0 Å². The Morgan fingerprint density at radius 2 is 2.00 bits per heavy atom. The second kappa shape index (κ2) is 5.65. The van der Waals surface area contributed by atoms with Crippen molar-refractivity contribution in [3.8, 4) is 0 Å². The second-order valence-corrected chi connectivity index (χ2v) is 5.86. The van der Waals surface area contributed by atoms with Crippen molar-refractivity contribution < 1.29 is 4.79 Å². The van der Waals surface area contributed by atoms with Crippen LogP contribution >= 0.6 is 15.9 Å². The maximum Gasteiger partial charge on any atom is 0.254 e. The Hall–Kier alpha value is -0.870. The van der Waals surface area contributed by atoms with E-state index in [4.69, 9.17) is 5.73 Å². The summed E-state index contributed by atoms with van der Waals surface area (Å²) in [5.74, 6) is 0.0130. The van der Waals surface area contributed by atoms with Crippen LogP contribution in [0.5, 0.6) is 0 Å². The van der Waals surface area contributed by atoms with Crippen LogP contribution < -0.4 is 5.73 Å². The van der Waals surface area contributed by atoms with Gasteiger partial charge in [-0.05, 0) is 40.0 Å². The standard InChI is InChI=1S/C13H19BrN2O/c1-13(2,8-15)9-16(3)12(17)10-6-4-5-7-11(10)14/h4-7H,8-9,15H2,1-3H3. The Kier molecular flexibility index (Phi) is 4.71. The molecule has 2 N–H and O–H groups in total. The van der Waals surface area contributed by atoms with Gasteiger partial charge in [-0.3, -0.25) is 4.79 Å². The van der Waals surface area contributed by atoms with Crippen LogP contribution in [-0.4, -0.2) is 30.9 Å². The first-order valence-electron chi connectivity index (χ1n) is 5.57. The molecule has 4 heteroatoms. The summed E-state index contributed by atoms with van der Waals surface area (Å²) in [5, 5.41) is 0. The van der Waals surface area contributed by atoms with Crippen LogP contribution in [0.1, 0.15) is 24.2 Å². The van der Waals surface area contributed by atoms with E-state index in [2.05, 4.69) is 29.8 Å². The van der Waals surface area contributed by atoms with Gasteiger partial charge in [0.15, 0.2) is 0 Å². The number of carbonyl (C=O) groups excluding carboxylic acids is 1. The highest BCUT2D eigenvalue weighted by molar-refractivity contribution is 9.10. The predicted octanol–water partition coefficient (Wildman–Crippen LogP) is 2.51. The molecule has 0 aliphatic rings.